The molecule has 0 spiro atoms. The van der Waals surface area contributed by atoms with Crippen molar-refractivity contribution >= 4 is 0 Å². The van der Waals surface area contributed by atoms with E-state index in [9.17, 15) is 0 Å². The molecule has 1 fully saturated rings. The van der Waals surface area contributed by atoms with Gasteiger partial charge >= 0.3 is 0 Å². The van der Waals surface area contributed by atoms with Crippen LogP contribution in [-0.4, -0.2) is 29.5 Å². The monoisotopic (exact) mass is 187 g/mol. The van der Waals surface area contributed by atoms with Crippen LogP contribution >= 0.6 is 0 Å². The van der Waals surface area contributed by atoms with Crippen molar-refractivity contribution in [3.8, 4) is 0 Å². The molecule has 0 saturated heterocycles. The van der Waals surface area contributed by atoms with Crippen LogP contribution in [0.25, 0.3) is 0 Å². The predicted molar refractivity (Wildman–Crippen MR) is 52.5 cm³/mol. The number of nitrogens with two attached hydrogens (primary N) is 1. The molecule has 78 valence electrons. The third-order valence-electron chi connectivity index (χ3n) is 2.59. The van der Waals surface area contributed by atoms with Gasteiger partial charge in [0.2, 0.25) is 0 Å². The molecule has 0 aromatic carbocycles. The first-order chi connectivity index (χ1) is 6.03. The standard InChI is InChI=1S/C10H21NO2/c1-10(2,7-12)13-9-5-3-8(11)4-6-9/h8-9,12H,3-7,11H2,1-2H3/t8-,9-. The van der Waals surface area contributed by atoms with E-state index in [-0.39, 0.29) is 6.61 Å². The summed E-state index contributed by atoms with van der Waals surface area (Å²) in [5.41, 5.74) is 5.39. The van der Waals surface area contributed by atoms with Crippen molar-refractivity contribution in [3.05, 3.63) is 0 Å². The second-order valence-corrected chi connectivity index (χ2v) is 4.57. The normalized spacial score (nSPS) is 30.5. The highest BCUT2D eigenvalue weighted by molar-refractivity contribution is 4.78. The van der Waals surface area contributed by atoms with Gasteiger partial charge in [0.25, 0.3) is 0 Å². The highest BCUT2D eigenvalue weighted by Crippen LogP contribution is 2.24. The molecule has 3 nitrogen and oxygen atoms in total. The largest absolute Gasteiger partial charge is 0.393 e. The van der Waals surface area contributed by atoms with E-state index >= 15 is 0 Å². The summed E-state index contributed by atoms with van der Waals surface area (Å²) in [4.78, 5) is 0. The molecule has 0 amide bonds. The molecule has 0 bridgehead atoms. The third kappa shape index (κ3) is 3.63. The molecular weight excluding hydrogens is 166 g/mol. The lowest BCUT2D eigenvalue weighted by atomic mass is 9.93. The number of rotatable bonds is 3. The van der Waals surface area contributed by atoms with Crippen LogP contribution in [0.4, 0.5) is 0 Å². The fourth-order valence-corrected chi connectivity index (χ4v) is 1.69. The van der Waals surface area contributed by atoms with Crippen molar-refractivity contribution in [2.75, 3.05) is 6.61 Å². The quantitative estimate of drug-likeness (QED) is 0.694. The van der Waals surface area contributed by atoms with Gasteiger partial charge in [0.15, 0.2) is 0 Å². The van der Waals surface area contributed by atoms with Gasteiger partial charge in [-0.25, -0.2) is 0 Å². The van der Waals surface area contributed by atoms with Gasteiger partial charge in [-0.15, -0.1) is 0 Å². The Morgan fingerprint density at radius 2 is 1.85 bits per heavy atom. The molecule has 0 radical (unpaired) electrons. The van der Waals surface area contributed by atoms with Crippen LogP contribution < -0.4 is 5.73 Å². The Labute approximate surface area is 80.3 Å². The molecule has 0 heterocycles. The molecule has 13 heavy (non-hydrogen) atoms. The smallest absolute Gasteiger partial charge is 0.0859 e. The average molecular weight is 187 g/mol. The van der Waals surface area contributed by atoms with E-state index in [0.29, 0.717) is 12.1 Å². The van der Waals surface area contributed by atoms with Crippen LogP contribution in [0.2, 0.25) is 0 Å². The van der Waals surface area contributed by atoms with Gasteiger partial charge in [0.1, 0.15) is 0 Å². The lowest BCUT2D eigenvalue weighted by molar-refractivity contribution is -0.109. The molecule has 0 aromatic heterocycles. The van der Waals surface area contributed by atoms with Gasteiger partial charge in [-0.2, -0.15) is 0 Å². The van der Waals surface area contributed by atoms with E-state index in [0.717, 1.165) is 25.7 Å². The molecule has 0 aromatic rings. The van der Waals surface area contributed by atoms with Crippen molar-refractivity contribution in [1.29, 1.82) is 0 Å². The van der Waals surface area contributed by atoms with Crippen molar-refractivity contribution in [2.24, 2.45) is 5.73 Å². The van der Waals surface area contributed by atoms with Crippen molar-refractivity contribution in [3.63, 3.8) is 0 Å². The van der Waals surface area contributed by atoms with Crippen LogP contribution in [-0.2, 0) is 4.74 Å². The van der Waals surface area contributed by atoms with Crippen LogP contribution in [0.3, 0.4) is 0 Å². The zero-order valence-corrected chi connectivity index (χ0v) is 8.62. The molecule has 1 rings (SSSR count). The Balaban J connectivity index is 2.30. The zero-order valence-electron chi connectivity index (χ0n) is 8.62. The Morgan fingerprint density at radius 3 is 2.31 bits per heavy atom. The zero-order chi connectivity index (χ0) is 9.90. The van der Waals surface area contributed by atoms with Crippen LogP contribution in [0.1, 0.15) is 39.5 Å². The minimum absolute atomic E-state index is 0.0789. The van der Waals surface area contributed by atoms with E-state index in [4.69, 9.17) is 15.6 Å². The summed E-state index contributed by atoms with van der Waals surface area (Å²) < 4.78 is 5.77. The molecule has 0 unspecified atom stereocenters. The summed E-state index contributed by atoms with van der Waals surface area (Å²) in [7, 11) is 0. The Kier molecular flexibility index (Phi) is 3.71. The molecule has 3 heteroatoms. The fourth-order valence-electron chi connectivity index (χ4n) is 1.69. The van der Waals surface area contributed by atoms with Gasteiger partial charge in [-0.05, 0) is 39.5 Å². The third-order valence-corrected chi connectivity index (χ3v) is 2.59. The number of hydrogen-bond donors (Lipinski definition) is 2. The Hall–Kier alpha value is -0.120. The molecular formula is C10H21NO2. The molecule has 1 saturated carbocycles. The van der Waals surface area contributed by atoms with Crippen LogP contribution in [0, 0.1) is 0 Å². The number of hydrogen-bond acceptors (Lipinski definition) is 3. The van der Waals surface area contributed by atoms with E-state index in [1.807, 2.05) is 13.8 Å². The topological polar surface area (TPSA) is 55.5 Å². The van der Waals surface area contributed by atoms with Gasteiger partial charge in [0, 0.05) is 6.04 Å². The fraction of sp³-hybridized carbons (Fsp3) is 1.00. The first kappa shape index (κ1) is 11.0. The second kappa shape index (κ2) is 4.40. The summed E-state index contributed by atoms with van der Waals surface area (Å²) in [5, 5.41) is 9.03. The van der Waals surface area contributed by atoms with Gasteiger partial charge < -0.3 is 15.6 Å². The maximum Gasteiger partial charge on any atom is 0.0859 e. The Bertz CT molecular complexity index is 151. The SMILES string of the molecule is CC(C)(CO)O[C@H]1CC[C@H](N)CC1. The van der Waals surface area contributed by atoms with Crippen molar-refractivity contribution < 1.29 is 9.84 Å². The van der Waals surface area contributed by atoms with Gasteiger partial charge in [-0.1, -0.05) is 0 Å². The van der Waals surface area contributed by atoms with E-state index in [2.05, 4.69) is 0 Å². The van der Waals surface area contributed by atoms with Crippen molar-refractivity contribution in [2.45, 2.75) is 57.3 Å². The summed E-state index contributed by atoms with van der Waals surface area (Å²) >= 11 is 0. The first-order valence-corrected chi connectivity index (χ1v) is 5.08. The minimum atomic E-state index is -0.397. The maximum atomic E-state index is 9.03. The maximum absolute atomic E-state index is 9.03. The van der Waals surface area contributed by atoms with Gasteiger partial charge in [-0.3, -0.25) is 0 Å². The van der Waals surface area contributed by atoms with E-state index in [1.54, 1.807) is 0 Å². The molecule has 1 aliphatic carbocycles. The molecule has 1 aliphatic rings. The minimum Gasteiger partial charge on any atom is -0.393 e. The highest BCUT2D eigenvalue weighted by atomic mass is 16.5. The summed E-state index contributed by atoms with van der Waals surface area (Å²) in [6, 6.07) is 0.358. The lowest BCUT2D eigenvalue weighted by Gasteiger charge is -2.33. The summed E-state index contributed by atoms with van der Waals surface area (Å²) in [5.74, 6) is 0. The first-order valence-electron chi connectivity index (χ1n) is 5.08. The number of ether oxygens (including phenoxy) is 1. The predicted octanol–water partition coefficient (Wildman–Crippen LogP) is 1.04. The summed E-state index contributed by atoms with van der Waals surface area (Å²) in [6.07, 6.45) is 4.45. The lowest BCUT2D eigenvalue weighted by Crippen LogP contribution is -2.38. The van der Waals surface area contributed by atoms with Crippen LogP contribution in [0.5, 0.6) is 0 Å². The Morgan fingerprint density at radius 1 is 1.31 bits per heavy atom. The number of aliphatic hydroxyl groups excluding tert-OH is 1. The van der Waals surface area contributed by atoms with Gasteiger partial charge in [0.05, 0.1) is 18.3 Å². The molecule has 0 aliphatic heterocycles. The summed E-state index contributed by atoms with van der Waals surface area (Å²) in [6.45, 7) is 3.92. The molecule has 3 N–H and O–H groups in total. The van der Waals surface area contributed by atoms with E-state index in [1.165, 1.54) is 0 Å². The number of aliphatic hydroxyl groups is 1. The van der Waals surface area contributed by atoms with Crippen molar-refractivity contribution in [1.82, 2.24) is 0 Å². The second-order valence-electron chi connectivity index (χ2n) is 4.57. The average Bonchev–Trinajstić information content (AvgIpc) is 2.09. The van der Waals surface area contributed by atoms with E-state index < -0.39 is 5.60 Å². The highest BCUT2D eigenvalue weighted by Gasteiger charge is 2.26. The molecule has 0 atom stereocenters. The van der Waals surface area contributed by atoms with Crippen LogP contribution in [0.15, 0.2) is 0 Å².